The Hall–Kier alpha value is -4.27. The molecule has 1 saturated heterocycles. The summed E-state index contributed by atoms with van der Waals surface area (Å²) in [6.45, 7) is 3.38. The van der Waals surface area contributed by atoms with Gasteiger partial charge in [0, 0.05) is 42.7 Å². The molecule has 6 rings (SSSR count). The first-order chi connectivity index (χ1) is 17.9. The molecule has 0 bridgehead atoms. The van der Waals surface area contributed by atoms with Crippen LogP contribution in [0, 0.1) is 18.7 Å². The second-order valence-corrected chi connectivity index (χ2v) is 9.58. The van der Waals surface area contributed by atoms with Gasteiger partial charge in [-0.3, -0.25) is 9.48 Å². The standard InChI is InChI=1S/C28H27FN6O2/c1-17-13-19(29)14-22-26(21-5-4-6-24-23(21)16-33(2)31-24)32-35(27(17)22)20-7-8-25(30-15-20)34-11-9-18(10-12-34)28(36)37-3/h4-8,13-16,18H,9-12H2,1-3H3. The number of carbonyl (C=O) groups is 1. The number of benzene rings is 2. The number of halogens is 1. The minimum atomic E-state index is -0.298. The number of anilines is 1. The van der Waals surface area contributed by atoms with Gasteiger partial charge in [-0.15, -0.1) is 0 Å². The average Bonchev–Trinajstić information content (AvgIpc) is 3.48. The Morgan fingerprint density at radius 2 is 1.89 bits per heavy atom. The minimum absolute atomic E-state index is 0.0537. The molecule has 188 valence electrons. The van der Waals surface area contributed by atoms with E-state index in [0.29, 0.717) is 5.69 Å². The first kappa shape index (κ1) is 23.1. The predicted molar refractivity (Wildman–Crippen MR) is 140 cm³/mol. The number of aromatic nitrogens is 5. The van der Waals surface area contributed by atoms with Crippen LogP contribution >= 0.6 is 0 Å². The van der Waals surface area contributed by atoms with E-state index in [2.05, 4.69) is 10.00 Å². The molecule has 8 nitrogen and oxygen atoms in total. The normalized spacial score (nSPS) is 14.5. The Kier molecular flexibility index (Phi) is 5.62. The van der Waals surface area contributed by atoms with E-state index >= 15 is 0 Å². The van der Waals surface area contributed by atoms with Gasteiger partial charge < -0.3 is 9.64 Å². The fourth-order valence-corrected chi connectivity index (χ4v) is 5.36. The van der Waals surface area contributed by atoms with Crippen molar-refractivity contribution in [2.45, 2.75) is 19.8 Å². The van der Waals surface area contributed by atoms with E-state index < -0.39 is 0 Å². The highest BCUT2D eigenvalue weighted by atomic mass is 19.1. The number of methoxy groups -OCH3 is 1. The van der Waals surface area contributed by atoms with Crippen LogP contribution in [0.15, 0.2) is 54.9 Å². The highest BCUT2D eigenvalue weighted by Crippen LogP contribution is 2.36. The number of nitrogens with zero attached hydrogens (tertiary/aromatic N) is 6. The Morgan fingerprint density at radius 1 is 1.08 bits per heavy atom. The molecule has 0 atom stereocenters. The monoisotopic (exact) mass is 498 g/mol. The van der Waals surface area contributed by atoms with Gasteiger partial charge in [0.05, 0.1) is 35.9 Å². The molecule has 1 fully saturated rings. The molecule has 0 amide bonds. The van der Waals surface area contributed by atoms with Gasteiger partial charge in [0.25, 0.3) is 0 Å². The largest absolute Gasteiger partial charge is 0.469 e. The Balaban J connectivity index is 1.40. The Labute approximate surface area is 213 Å². The fraction of sp³-hybridized carbons (Fsp3) is 0.286. The van der Waals surface area contributed by atoms with Crippen molar-refractivity contribution in [3.05, 3.63) is 66.2 Å². The van der Waals surface area contributed by atoms with Crippen molar-refractivity contribution < 1.29 is 13.9 Å². The van der Waals surface area contributed by atoms with Crippen LogP contribution < -0.4 is 4.90 Å². The first-order valence-electron chi connectivity index (χ1n) is 12.3. The second kappa shape index (κ2) is 8.99. The molecule has 5 aromatic rings. The number of hydrogen-bond donors (Lipinski definition) is 0. The van der Waals surface area contributed by atoms with Gasteiger partial charge in [-0.2, -0.15) is 10.2 Å². The molecule has 0 spiro atoms. The molecular weight excluding hydrogens is 471 g/mol. The molecule has 2 aromatic carbocycles. The van der Waals surface area contributed by atoms with Crippen molar-refractivity contribution in [3.63, 3.8) is 0 Å². The highest BCUT2D eigenvalue weighted by molar-refractivity contribution is 6.03. The maximum atomic E-state index is 14.6. The summed E-state index contributed by atoms with van der Waals surface area (Å²) in [7, 11) is 3.32. The number of carbonyl (C=O) groups excluding carboxylic acids is 1. The summed E-state index contributed by atoms with van der Waals surface area (Å²) in [5.74, 6) is 0.361. The number of ether oxygens (including phenoxy) is 1. The third-order valence-corrected chi connectivity index (χ3v) is 7.18. The third-order valence-electron chi connectivity index (χ3n) is 7.18. The van der Waals surface area contributed by atoms with Gasteiger partial charge >= 0.3 is 5.97 Å². The lowest BCUT2D eigenvalue weighted by atomic mass is 9.97. The molecule has 37 heavy (non-hydrogen) atoms. The van der Waals surface area contributed by atoms with Crippen molar-refractivity contribution in [2.24, 2.45) is 13.0 Å². The number of pyridine rings is 1. The summed E-state index contributed by atoms with van der Waals surface area (Å²) >= 11 is 0. The van der Waals surface area contributed by atoms with Crippen LogP contribution in [-0.2, 0) is 16.6 Å². The number of piperidine rings is 1. The van der Waals surface area contributed by atoms with Crippen LogP contribution in [0.3, 0.4) is 0 Å². The lowest BCUT2D eigenvalue weighted by molar-refractivity contribution is -0.146. The summed E-state index contributed by atoms with van der Waals surface area (Å²) in [4.78, 5) is 18.8. The van der Waals surface area contributed by atoms with Crippen molar-refractivity contribution in [1.82, 2.24) is 24.5 Å². The molecule has 0 saturated carbocycles. The quantitative estimate of drug-likeness (QED) is 0.331. The molecule has 9 heteroatoms. The lowest BCUT2D eigenvalue weighted by Gasteiger charge is -2.31. The van der Waals surface area contributed by atoms with Crippen molar-refractivity contribution in [2.75, 3.05) is 25.1 Å². The molecule has 4 heterocycles. The Bertz CT molecular complexity index is 1630. The average molecular weight is 499 g/mol. The maximum Gasteiger partial charge on any atom is 0.308 e. The molecule has 0 unspecified atom stereocenters. The van der Waals surface area contributed by atoms with Crippen LogP contribution in [0.2, 0.25) is 0 Å². The molecule has 1 aliphatic heterocycles. The van der Waals surface area contributed by atoms with Gasteiger partial charge in [-0.05, 0) is 55.7 Å². The number of rotatable bonds is 4. The number of fused-ring (bicyclic) bond motifs is 2. The van der Waals surface area contributed by atoms with E-state index in [-0.39, 0.29) is 17.7 Å². The van der Waals surface area contributed by atoms with Gasteiger partial charge in [-0.1, -0.05) is 12.1 Å². The second-order valence-electron chi connectivity index (χ2n) is 9.58. The van der Waals surface area contributed by atoms with Crippen LogP contribution in [0.1, 0.15) is 18.4 Å². The van der Waals surface area contributed by atoms with Crippen LogP contribution in [0.25, 0.3) is 38.8 Å². The van der Waals surface area contributed by atoms with E-state index in [9.17, 15) is 9.18 Å². The van der Waals surface area contributed by atoms with Crippen molar-refractivity contribution in [3.8, 4) is 16.9 Å². The van der Waals surface area contributed by atoms with E-state index in [1.807, 2.05) is 55.2 Å². The molecule has 3 aromatic heterocycles. The van der Waals surface area contributed by atoms with Gasteiger partial charge in [0.2, 0.25) is 0 Å². The van der Waals surface area contributed by atoms with Gasteiger partial charge in [-0.25, -0.2) is 14.1 Å². The smallest absolute Gasteiger partial charge is 0.308 e. The Morgan fingerprint density at radius 3 is 2.62 bits per heavy atom. The molecule has 0 N–H and O–H groups in total. The van der Waals surface area contributed by atoms with E-state index in [1.165, 1.54) is 13.2 Å². The third kappa shape index (κ3) is 4.00. The van der Waals surface area contributed by atoms with Gasteiger partial charge in [0.1, 0.15) is 17.3 Å². The maximum absolute atomic E-state index is 14.6. The zero-order chi connectivity index (χ0) is 25.7. The molecule has 1 aliphatic rings. The molecule has 0 radical (unpaired) electrons. The van der Waals surface area contributed by atoms with Crippen molar-refractivity contribution in [1.29, 1.82) is 0 Å². The topological polar surface area (TPSA) is 78.1 Å². The van der Waals surface area contributed by atoms with E-state index in [0.717, 1.165) is 70.4 Å². The molecule has 0 aliphatic carbocycles. The zero-order valence-electron chi connectivity index (χ0n) is 21.0. The van der Waals surface area contributed by atoms with E-state index in [1.54, 1.807) is 16.9 Å². The number of hydrogen-bond acceptors (Lipinski definition) is 6. The summed E-state index contributed by atoms with van der Waals surface area (Å²) in [5, 5.41) is 11.2. The minimum Gasteiger partial charge on any atom is -0.469 e. The molecular formula is C28H27FN6O2. The lowest BCUT2D eigenvalue weighted by Crippen LogP contribution is -2.37. The predicted octanol–water partition coefficient (Wildman–Crippen LogP) is 4.81. The summed E-state index contributed by atoms with van der Waals surface area (Å²) < 4.78 is 23.1. The summed E-state index contributed by atoms with van der Waals surface area (Å²) in [6, 6.07) is 12.9. The summed E-state index contributed by atoms with van der Waals surface area (Å²) in [6.07, 6.45) is 5.24. The highest BCUT2D eigenvalue weighted by Gasteiger charge is 2.26. The zero-order valence-corrected chi connectivity index (χ0v) is 21.0. The summed E-state index contributed by atoms with van der Waals surface area (Å²) in [5.41, 5.74) is 4.88. The fourth-order valence-electron chi connectivity index (χ4n) is 5.36. The SMILES string of the molecule is COC(=O)C1CCN(c2ccc(-n3nc(-c4cccc5nn(C)cc45)c4cc(F)cc(C)c43)cn2)CC1. The van der Waals surface area contributed by atoms with E-state index in [4.69, 9.17) is 14.8 Å². The van der Waals surface area contributed by atoms with Crippen LogP contribution in [-0.4, -0.2) is 50.7 Å². The van der Waals surface area contributed by atoms with Crippen molar-refractivity contribution >= 4 is 33.6 Å². The van der Waals surface area contributed by atoms with Crippen LogP contribution in [0.5, 0.6) is 0 Å². The number of aryl methyl sites for hydroxylation is 2. The number of esters is 1. The first-order valence-corrected chi connectivity index (χ1v) is 12.3. The van der Waals surface area contributed by atoms with Gasteiger partial charge in [0.15, 0.2) is 0 Å². The van der Waals surface area contributed by atoms with Crippen LogP contribution in [0.4, 0.5) is 10.2 Å².